The van der Waals surface area contributed by atoms with Gasteiger partial charge in [0, 0.05) is 6.07 Å². The smallest absolute Gasteiger partial charge is 0.282 e. The topological polar surface area (TPSA) is 119 Å². The second-order valence-corrected chi connectivity index (χ2v) is 6.03. The van der Waals surface area contributed by atoms with Crippen molar-refractivity contribution >= 4 is 29.1 Å². The Labute approximate surface area is 160 Å². The first-order valence-electron chi connectivity index (χ1n) is 8.54. The van der Waals surface area contributed by atoms with Crippen LogP contribution in [0, 0.1) is 10.1 Å². The van der Waals surface area contributed by atoms with Crippen LogP contribution in [-0.4, -0.2) is 40.2 Å². The number of para-hydroxylation sites is 2. The summed E-state index contributed by atoms with van der Waals surface area (Å²) in [5, 5.41) is 13.8. The number of anilines is 1. The predicted octanol–water partition coefficient (Wildman–Crippen LogP) is 2.62. The molecule has 0 bridgehead atoms. The lowest BCUT2D eigenvalue weighted by Gasteiger charge is -2.22. The van der Waals surface area contributed by atoms with E-state index in [2.05, 4.69) is 5.32 Å². The molecule has 1 aliphatic rings. The zero-order valence-electron chi connectivity index (χ0n) is 15.2. The van der Waals surface area contributed by atoms with E-state index < -0.39 is 34.4 Å². The summed E-state index contributed by atoms with van der Waals surface area (Å²) in [6, 6.07) is 9.38. The van der Waals surface area contributed by atoms with Crippen molar-refractivity contribution in [2.45, 2.75) is 19.9 Å². The number of nitro benzene ring substituents is 1. The van der Waals surface area contributed by atoms with Crippen molar-refractivity contribution in [3.63, 3.8) is 0 Å². The Bertz CT molecular complexity index is 987. The van der Waals surface area contributed by atoms with Gasteiger partial charge in [0.1, 0.15) is 17.4 Å². The number of carbonyl (C=O) groups excluding carboxylic acids is 3. The first kappa shape index (κ1) is 19.0. The van der Waals surface area contributed by atoms with Gasteiger partial charge in [-0.05, 0) is 32.0 Å². The first-order chi connectivity index (χ1) is 13.4. The molecule has 2 aromatic carbocycles. The van der Waals surface area contributed by atoms with Crippen LogP contribution in [0.1, 0.15) is 34.6 Å². The van der Waals surface area contributed by atoms with E-state index in [0.29, 0.717) is 18.0 Å². The average Bonchev–Trinajstić information content (AvgIpc) is 2.93. The molecule has 0 saturated heterocycles. The van der Waals surface area contributed by atoms with Gasteiger partial charge in [0.05, 0.1) is 22.8 Å². The molecule has 1 atom stereocenters. The zero-order chi connectivity index (χ0) is 20.4. The van der Waals surface area contributed by atoms with Crippen molar-refractivity contribution in [3.8, 4) is 5.75 Å². The molecule has 144 valence electrons. The van der Waals surface area contributed by atoms with Gasteiger partial charge in [-0.25, -0.2) is 0 Å². The first-order valence-corrected chi connectivity index (χ1v) is 8.54. The van der Waals surface area contributed by atoms with Crippen molar-refractivity contribution in [2.75, 3.05) is 11.9 Å². The van der Waals surface area contributed by atoms with Crippen LogP contribution < -0.4 is 10.1 Å². The van der Waals surface area contributed by atoms with Gasteiger partial charge in [-0.2, -0.15) is 0 Å². The van der Waals surface area contributed by atoms with Crippen LogP contribution in [0.4, 0.5) is 11.4 Å². The van der Waals surface area contributed by atoms with Crippen LogP contribution in [0.15, 0.2) is 42.5 Å². The molecule has 0 saturated carbocycles. The highest BCUT2D eigenvalue weighted by Crippen LogP contribution is 2.32. The number of hydrogen-bond acceptors (Lipinski definition) is 6. The number of nitro groups is 1. The van der Waals surface area contributed by atoms with Crippen molar-refractivity contribution in [1.29, 1.82) is 0 Å². The third-order valence-corrected chi connectivity index (χ3v) is 4.33. The van der Waals surface area contributed by atoms with E-state index in [1.54, 1.807) is 31.2 Å². The fraction of sp³-hybridized carbons (Fsp3) is 0.211. The van der Waals surface area contributed by atoms with Crippen LogP contribution in [0.3, 0.4) is 0 Å². The number of ether oxygens (including phenoxy) is 1. The van der Waals surface area contributed by atoms with E-state index in [0.717, 1.165) is 11.0 Å². The van der Waals surface area contributed by atoms with E-state index in [1.165, 1.54) is 19.1 Å². The lowest BCUT2D eigenvalue weighted by Crippen LogP contribution is -2.45. The summed E-state index contributed by atoms with van der Waals surface area (Å²) in [5.74, 6) is -1.79. The van der Waals surface area contributed by atoms with Crippen LogP contribution in [0.25, 0.3) is 0 Å². The number of benzene rings is 2. The Kier molecular flexibility index (Phi) is 5.08. The summed E-state index contributed by atoms with van der Waals surface area (Å²) >= 11 is 0. The molecule has 3 amide bonds. The van der Waals surface area contributed by atoms with Crippen LogP contribution >= 0.6 is 0 Å². The number of hydrogen-bond donors (Lipinski definition) is 1. The molecule has 9 heteroatoms. The lowest BCUT2D eigenvalue weighted by atomic mass is 10.1. The van der Waals surface area contributed by atoms with Crippen LogP contribution in [0.2, 0.25) is 0 Å². The van der Waals surface area contributed by atoms with Crippen LogP contribution in [0.5, 0.6) is 5.75 Å². The normalized spacial score (nSPS) is 13.9. The summed E-state index contributed by atoms with van der Waals surface area (Å²) in [5.41, 5.74) is -0.461. The molecule has 1 heterocycles. The minimum absolute atomic E-state index is 0.0893. The Morgan fingerprint density at radius 1 is 1.18 bits per heavy atom. The van der Waals surface area contributed by atoms with E-state index in [-0.39, 0.29) is 11.1 Å². The van der Waals surface area contributed by atoms with E-state index >= 15 is 0 Å². The van der Waals surface area contributed by atoms with Crippen LogP contribution in [-0.2, 0) is 4.79 Å². The predicted molar refractivity (Wildman–Crippen MR) is 99.3 cm³/mol. The summed E-state index contributed by atoms with van der Waals surface area (Å²) in [4.78, 5) is 49.2. The van der Waals surface area contributed by atoms with Gasteiger partial charge >= 0.3 is 0 Å². The van der Waals surface area contributed by atoms with Crippen molar-refractivity contribution in [1.82, 2.24) is 4.90 Å². The SMILES string of the molecule is CCOc1ccccc1NC(=O)[C@H](C)N1C(=O)c2cccc([N+](=O)[O-])c2C1=O. The maximum atomic E-state index is 12.7. The van der Waals surface area contributed by atoms with Gasteiger partial charge in [-0.15, -0.1) is 0 Å². The number of rotatable bonds is 6. The van der Waals surface area contributed by atoms with E-state index in [9.17, 15) is 24.5 Å². The van der Waals surface area contributed by atoms with Gasteiger partial charge in [-0.3, -0.25) is 29.4 Å². The number of fused-ring (bicyclic) bond motifs is 1. The number of amides is 3. The second-order valence-electron chi connectivity index (χ2n) is 6.03. The van der Waals surface area contributed by atoms with Gasteiger partial charge in [0.2, 0.25) is 5.91 Å². The molecule has 2 aromatic rings. The maximum absolute atomic E-state index is 12.7. The van der Waals surface area contributed by atoms with E-state index in [1.807, 2.05) is 0 Å². The summed E-state index contributed by atoms with van der Waals surface area (Å²) in [6.07, 6.45) is 0. The molecule has 1 N–H and O–H groups in total. The minimum Gasteiger partial charge on any atom is -0.492 e. The Hall–Kier alpha value is -3.75. The molecule has 1 aliphatic heterocycles. The summed E-state index contributed by atoms with van der Waals surface area (Å²) in [6.45, 7) is 3.57. The molecule has 28 heavy (non-hydrogen) atoms. The van der Waals surface area contributed by atoms with Crippen molar-refractivity contribution < 1.29 is 24.0 Å². The lowest BCUT2D eigenvalue weighted by molar-refractivity contribution is -0.385. The molecule has 9 nitrogen and oxygen atoms in total. The molecular formula is C19H17N3O6. The highest BCUT2D eigenvalue weighted by atomic mass is 16.6. The minimum atomic E-state index is -1.18. The number of imide groups is 1. The molecule has 0 aliphatic carbocycles. The second kappa shape index (κ2) is 7.47. The monoisotopic (exact) mass is 383 g/mol. The molecule has 0 fully saturated rings. The molecule has 0 spiro atoms. The molecule has 3 rings (SSSR count). The van der Waals surface area contributed by atoms with E-state index in [4.69, 9.17) is 4.74 Å². The molecular weight excluding hydrogens is 366 g/mol. The van der Waals surface area contributed by atoms with Crippen molar-refractivity contribution in [3.05, 3.63) is 63.7 Å². The summed E-state index contributed by atoms with van der Waals surface area (Å²) < 4.78 is 5.44. The quantitative estimate of drug-likeness (QED) is 0.465. The summed E-state index contributed by atoms with van der Waals surface area (Å²) in [7, 11) is 0. The Balaban J connectivity index is 1.87. The Morgan fingerprint density at radius 3 is 2.57 bits per heavy atom. The third kappa shape index (κ3) is 3.18. The number of nitrogens with zero attached hydrogens (tertiary/aromatic N) is 2. The number of carbonyl (C=O) groups is 3. The van der Waals surface area contributed by atoms with Crippen molar-refractivity contribution in [2.24, 2.45) is 0 Å². The maximum Gasteiger partial charge on any atom is 0.282 e. The van der Waals surface area contributed by atoms with Gasteiger partial charge in [0.25, 0.3) is 17.5 Å². The number of nitrogens with one attached hydrogen (secondary N) is 1. The highest BCUT2D eigenvalue weighted by Gasteiger charge is 2.44. The molecule has 0 radical (unpaired) electrons. The van der Waals surface area contributed by atoms with Gasteiger partial charge in [0.15, 0.2) is 0 Å². The fourth-order valence-corrected chi connectivity index (χ4v) is 3.00. The third-order valence-electron chi connectivity index (χ3n) is 4.33. The largest absolute Gasteiger partial charge is 0.492 e. The Morgan fingerprint density at radius 2 is 1.89 bits per heavy atom. The molecule has 0 unspecified atom stereocenters. The fourth-order valence-electron chi connectivity index (χ4n) is 3.00. The molecule has 0 aromatic heterocycles. The van der Waals surface area contributed by atoms with Gasteiger partial charge < -0.3 is 10.1 Å². The zero-order valence-corrected chi connectivity index (χ0v) is 15.2. The average molecular weight is 383 g/mol. The van der Waals surface area contributed by atoms with Gasteiger partial charge in [-0.1, -0.05) is 18.2 Å². The standard InChI is InChI=1S/C19H17N3O6/c1-3-28-15-10-5-4-8-13(15)20-17(23)11(2)21-18(24)12-7-6-9-14(22(26)27)16(12)19(21)25/h4-11H,3H2,1-2H3,(H,20,23)/t11-/m0/s1. The highest BCUT2D eigenvalue weighted by molar-refractivity contribution is 6.24.